The van der Waals surface area contributed by atoms with Crippen molar-refractivity contribution in [2.75, 3.05) is 5.32 Å². The minimum atomic E-state index is -0.899. The number of nitrogens with zero attached hydrogens (tertiary/aromatic N) is 2. The van der Waals surface area contributed by atoms with Gasteiger partial charge < -0.3 is 9.67 Å². The van der Waals surface area contributed by atoms with E-state index in [9.17, 15) is 9.90 Å². The third-order valence-electron chi connectivity index (χ3n) is 4.68. The number of amides is 1. The summed E-state index contributed by atoms with van der Waals surface area (Å²) in [5.41, 5.74) is 1.80. The van der Waals surface area contributed by atoms with Crippen LogP contribution in [0.1, 0.15) is 65.0 Å². The van der Waals surface area contributed by atoms with Crippen molar-refractivity contribution in [2.45, 2.75) is 65.0 Å². The fourth-order valence-corrected chi connectivity index (χ4v) is 3.12. The Bertz CT molecular complexity index is 752. The summed E-state index contributed by atoms with van der Waals surface area (Å²) in [6, 6.07) is 6.20. The molecule has 1 heterocycles. The third-order valence-corrected chi connectivity index (χ3v) is 4.68. The molecular weight excluding hydrogens is 302 g/mol. The SMILES string of the molecule is CC(C)CC(=O)Nc1nc2ccc(C(C)(C)O)cc2n1C1CCC1. The standard InChI is InChI=1S/C19H27N3O2/c1-12(2)10-17(23)21-18-20-15-9-8-13(19(3,4)24)11-16(15)22(18)14-6-5-7-14/h8-9,11-12,14,24H,5-7,10H2,1-4H3,(H,20,21,23). The summed E-state index contributed by atoms with van der Waals surface area (Å²) >= 11 is 0. The predicted molar refractivity (Wildman–Crippen MR) is 96.0 cm³/mol. The highest BCUT2D eigenvalue weighted by atomic mass is 16.3. The Morgan fingerprint density at radius 2 is 2.12 bits per heavy atom. The Morgan fingerprint density at radius 3 is 2.67 bits per heavy atom. The van der Waals surface area contributed by atoms with Crippen LogP contribution in [-0.2, 0) is 10.4 Å². The largest absolute Gasteiger partial charge is 0.386 e. The average Bonchev–Trinajstić information content (AvgIpc) is 2.72. The van der Waals surface area contributed by atoms with Crippen molar-refractivity contribution >= 4 is 22.9 Å². The normalized spacial score (nSPS) is 15.8. The number of carbonyl (C=O) groups excluding carboxylic acids is 1. The maximum Gasteiger partial charge on any atom is 0.226 e. The molecule has 130 valence electrons. The molecule has 24 heavy (non-hydrogen) atoms. The highest BCUT2D eigenvalue weighted by Crippen LogP contribution is 2.38. The molecule has 0 unspecified atom stereocenters. The van der Waals surface area contributed by atoms with Gasteiger partial charge in [0.05, 0.1) is 16.6 Å². The van der Waals surface area contributed by atoms with Crippen LogP contribution in [0.25, 0.3) is 11.0 Å². The summed E-state index contributed by atoms with van der Waals surface area (Å²) in [5.74, 6) is 0.949. The van der Waals surface area contributed by atoms with Crippen LogP contribution >= 0.6 is 0 Å². The maximum atomic E-state index is 12.2. The molecule has 5 heteroatoms. The van der Waals surface area contributed by atoms with Crippen LogP contribution in [0.3, 0.4) is 0 Å². The van der Waals surface area contributed by atoms with Crippen LogP contribution in [-0.4, -0.2) is 20.6 Å². The molecule has 1 aliphatic rings. The number of fused-ring (bicyclic) bond motifs is 1. The first-order valence-corrected chi connectivity index (χ1v) is 8.80. The van der Waals surface area contributed by atoms with Crippen LogP contribution in [0.5, 0.6) is 0 Å². The lowest BCUT2D eigenvalue weighted by Gasteiger charge is -2.29. The Hall–Kier alpha value is -1.88. The molecule has 2 N–H and O–H groups in total. The summed E-state index contributed by atoms with van der Waals surface area (Å²) in [6.45, 7) is 7.63. The molecule has 0 saturated heterocycles. The second-order valence-electron chi connectivity index (χ2n) is 7.80. The average molecular weight is 329 g/mol. The number of aromatic nitrogens is 2. The second kappa shape index (κ2) is 6.20. The van der Waals surface area contributed by atoms with E-state index < -0.39 is 5.60 Å². The number of carbonyl (C=O) groups is 1. The fourth-order valence-electron chi connectivity index (χ4n) is 3.12. The molecule has 1 aromatic carbocycles. The van der Waals surface area contributed by atoms with Crippen molar-refractivity contribution in [1.82, 2.24) is 9.55 Å². The topological polar surface area (TPSA) is 67.2 Å². The molecule has 0 bridgehead atoms. The molecule has 0 aliphatic heterocycles. The van der Waals surface area contributed by atoms with E-state index in [-0.39, 0.29) is 5.91 Å². The van der Waals surface area contributed by atoms with Gasteiger partial charge in [-0.2, -0.15) is 0 Å². The van der Waals surface area contributed by atoms with E-state index >= 15 is 0 Å². The predicted octanol–water partition coefficient (Wildman–Crippen LogP) is 3.97. The van der Waals surface area contributed by atoms with Gasteiger partial charge in [-0.1, -0.05) is 19.9 Å². The Labute approximate surface area is 143 Å². The number of benzene rings is 1. The van der Waals surface area contributed by atoms with Gasteiger partial charge in [0.1, 0.15) is 0 Å². The van der Waals surface area contributed by atoms with Gasteiger partial charge in [0.15, 0.2) is 0 Å². The molecule has 5 nitrogen and oxygen atoms in total. The summed E-state index contributed by atoms with van der Waals surface area (Å²) in [7, 11) is 0. The lowest BCUT2D eigenvalue weighted by atomic mass is 9.92. The monoisotopic (exact) mass is 329 g/mol. The van der Waals surface area contributed by atoms with Gasteiger partial charge in [0, 0.05) is 12.5 Å². The zero-order valence-electron chi connectivity index (χ0n) is 15.0. The van der Waals surface area contributed by atoms with Crippen molar-refractivity contribution in [3.8, 4) is 0 Å². The Kier molecular flexibility index (Phi) is 4.38. The minimum absolute atomic E-state index is 0.00333. The van der Waals surface area contributed by atoms with Gasteiger partial charge in [-0.3, -0.25) is 10.1 Å². The molecule has 1 aliphatic carbocycles. The van der Waals surface area contributed by atoms with Gasteiger partial charge in [0.2, 0.25) is 11.9 Å². The molecule has 0 radical (unpaired) electrons. The number of anilines is 1. The van der Waals surface area contributed by atoms with E-state index in [0.29, 0.717) is 24.3 Å². The lowest BCUT2D eigenvalue weighted by molar-refractivity contribution is -0.116. The molecule has 1 saturated carbocycles. The smallest absolute Gasteiger partial charge is 0.226 e. The molecule has 2 aromatic rings. The van der Waals surface area contributed by atoms with Crippen molar-refractivity contribution in [3.05, 3.63) is 23.8 Å². The number of hydrogen-bond donors (Lipinski definition) is 2. The van der Waals surface area contributed by atoms with E-state index in [1.807, 2.05) is 32.0 Å². The number of rotatable bonds is 5. The summed E-state index contributed by atoms with van der Waals surface area (Å²) < 4.78 is 2.15. The van der Waals surface area contributed by atoms with Crippen LogP contribution in [0.2, 0.25) is 0 Å². The van der Waals surface area contributed by atoms with Crippen LogP contribution in [0.4, 0.5) is 5.95 Å². The van der Waals surface area contributed by atoms with E-state index in [1.54, 1.807) is 13.8 Å². The minimum Gasteiger partial charge on any atom is -0.386 e. The quantitative estimate of drug-likeness (QED) is 0.872. The molecule has 0 spiro atoms. The van der Waals surface area contributed by atoms with E-state index in [1.165, 1.54) is 6.42 Å². The highest BCUT2D eigenvalue weighted by Gasteiger charge is 2.27. The first-order valence-electron chi connectivity index (χ1n) is 8.80. The van der Waals surface area contributed by atoms with Crippen molar-refractivity contribution in [2.24, 2.45) is 5.92 Å². The number of nitrogens with one attached hydrogen (secondary N) is 1. The second-order valence-corrected chi connectivity index (χ2v) is 7.80. The van der Waals surface area contributed by atoms with Crippen LogP contribution < -0.4 is 5.32 Å². The van der Waals surface area contributed by atoms with Crippen molar-refractivity contribution in [1.29, 1.82) is 0 Å². The Morgan fingerprint density at radius 1 is 1.42 bits per heavy atom. The van der Waals surface area contributed by atoms with Crippen LogP contribution in [0.15, 0.2) is 18.2 Å². The number of hydrogen-bond acceptors (Lipinski definition) is 3. The lowest BCUT2D eigenvalue weighted by Crippen LogP contribution is -2.23. The molecule has 1 aromatic heterocycles. The molecule has 1 fully saturated rings. The zero-order valence-corrected chi connectivity index (χ0v) is 15.0. The maximum absolute atomic E-state index is 12.2. The van der Waals surface area contributed by atoms with E-state index in [2.05, 4.69) is 14.9 Å². The van der Waals surface area contributed by atoms with Crippen molar-refractivity contribution in [3.63, 3.8) is 0 Å². The van der Waals surface area contributed by atoms with E-state index in [0.717, 1.165) is 29.4 Å². The van der Waals surface area contributed by atoms with Crippen LogP contribution in [0, 0.1) is 5.92 Å². The molecule has 1 amide bonds. The molecule has 3 rings (SSSR count). The van der Waals surface area contributed by atoms with Crippen molar-refractivity contribution < 1.29 is 9.90 Å². The summed E-state index contributed by atoms with van der Waals surface area (Å²) in [4.78, 5) is 16.8. The number of imidazole rings is 1. The summed E-state index contributed by atoms with van der Waals surface area (Å²) in [5, 5.41) is 13.3. The Balaban J connectivity index is 2.03. The van der Waals surface area contributed by atoms with Gasteiger partial charge in [-0.25, -0.2) is 4.98 Å². The van der Waals surface area contributed by atoms with Gasteiger partial charge in [-0.15, -0.1) is 0 Å². The first kappa shape index (κ1) is 17.0. The van der Waals surface area contributed by atoms with Gasteiger partial charge in [0.25, 0.3) is 0 Å². The third kappa shape index (κ3) is 3.31. The number of aliphatic hydroxyl groups is 1. The molecular formula is C19H27N3O2. The molecule has 0 atom stereocenters. The summed E-state index contributed by atoms with van der Waals surface area (Å²) in [6.07, 6.45) is 3.90. The van der Waals surface area contributed by atoms with Gasteiger partial charge >= 0.3 is 0 Å². The highest BCUT2D eigenvalue weighted by molar-refractivity contribution is 5.91. The first-order chi connectivity index (χ1) is 11.3. The van der Waals surface area contributed by atoms with Gasteiger partial charge in [-0.05, 0) is 56.7 Å². The van der Waals surface area contributed by atoms with E-state index in [4.69, 9.17) is 0 Å². The zero-order chi connectivity index (χ0) is 17.5. The fraction of sp³-hybridized carbons (Fsp3) is 0.579.